The van der Waals surface area contributed by atoms with Gasteiger partial charge in [0.2, 0.25) is 0 Å². The predicted molar refractivity (Wildman–Crippen MR) is 100 cm³/mol. The molecule has 146 valence electrons. The van der Waals surface area contributed by atoms with E-state index in [4.69, 9.17) is 0 Å². The van der Waals surface area contributed by atoms with Gasteiger partial charge in [-0.15, -0.1) is 0 Å². The number of hydrogen-bond donors (Lipinski definition) is 0. The maximum Gasteiger partial charge on any atom is 0.187 e. The van der Waals surface area contributed by atoms with Gasteiger partial charge in [-0.2, -0.15) is 0 Å². The number of Topliss-reactive ketones (excluding diaryl/α,β-unsaturated/α-hetero) is 1. The van der Waals surface area contributed by atoms with Crippen LogP contribution in [0.3, 0.4) is 0 Å². The van der Waals surface area contributed by atoms with Gasteiger partial charge >= 0.3 is 0 Å². The summed E-state index contributed by atoms with van der Waals surface area (Å²) in [5.41, 5.74) is 0.878. The normalized spacial score (nSPS) is 18.2. The molecule has 1 heterocycles. The van der Waals surface area contributed by atoms with Crippen molar-refractivity contribution in [3.63, 3.8) is 0 Å². The topological polar surface area (TPSA) is 20.3 Å². The molecule has 0 aliphatic carbocycles. The molecule has 2 nitrogen and oxygen atoms in total. The SMILES string of the molecule is CCCN1C/C(=C\c2ccc(F)cc2F)C(=O)/C(=C/c2ccc(F)cc2F)C1. The molecule has 0 atom stereocenters. The van der Waals surface area contributed by atoms with E-state index in [0.29, 0.717) is 30.8 Å². The third-order valence-electron chi connectivity index (χ3n) is 4.50. The van der Waals surface area contributed by atoms with Crippen molar-refractivity contribution in [1.82, 2.24) is 4.90 Å². The Morgan fingerprint density at radius 3 is 1.71 bits per heavy atom. The number of hydrogen-bond acceptors (Lipinski definition) is 2. The summed E-state index contributed by atoms with van der Waals surface area (Å²) in [7, 11) is 0. The molecule has 1 saturated heterocycles. The number of benzene rings is 2. The van der Waals surface area contributed by atoms with Gasteiger partial charge in [-0.05, 0) is 49.4 Å². The lowest BCUT2D eigenvalue weighted by atomic mass is 9.94. The molecule has 6 heteroatoms. The predicted octanol–water partition coefficient (Wildman–Crippen LogP) is 5.00. The highest BCUT2D eigenvalue weighted by molar-refractivity contribution is 6.14. The molecule has 1 aliphatic rings. The van der Waals surface area contributed by atoms with Gasteiger partial charge in [-0.25, -0.2) is 17.6 Å². The molecule has 0 radical (unpaired) electrons. The highest BCUT2D eigenvalue weighted by atomic mass is 19.1. The van der Waals surface area contributed by atoms with Gasteiger partial charge in [0.25, 0.3) is 0 Å². The highest BCUT2D eigenvalue weighted by Crippen LogP contribution is 2.24. The number of ketones is 1. The molecule has 0 N–H and O–H groups in total. The van der Waals surface area contributed by atoms with Crippen LogP contribution in [0.2, 0.25) is 0 Å². The van der Waals surface area contributed by atoms with Crippen LogP contribution < -0.4 is 0 Å². The molecule has 0 amide bonds. The zero-order valence-corrected chi connectivity index (χ0v) is 15.3. The number of rotatable bonds is 4. The molecule has 3 rings (SSSR count). The minimum Gasteiger partial charge on any atom is -0.295 e. The number of likely N-dealkylation sites (tertiary alicyclic amines) is 1. The molecule has 0 aromatic heterocycles. The van der Waals surface area contributed by atoms with E-state index < -0.39 is 23.3 Å². The lowest BCUT2D eigenvalue weighted by Crippen LogP contribution is -2.38. The number of halogens is 4. The van der Waals surface area contributed by atoms with Gasteiger partial charge in [0.15, 0.2) is 5.78 Å². The zero-order chi connectivity index (χ0) is 20.3. The molecule has 28 heavy (non-hydrogen) atoms. The van der Waals surface area contributed by atoms with Crippen LogP contribution >= 0.6 is 0 Å². The highest BCUT2D eigenvalue weighted by Gasteiger charge is 2.26. The fourth-order valence-electron chi connectivity index (χ4n) is 3.20. The molecule has 0 bridgehead atoms. The first-order valence-corrected chi connectivity index (χ1v) is 8.95. The van der Waals surface area contributed by atoms with E-state index in [1.54, 1.807) is 0 Å². The van der Waals surface area contributed by atoms with E-state index in [0.717, 1.165) is 30.7 Å². The van der Waals surface area contributed by atoms with Crippen molar-refractivity contribution in [3.8, 4) is 0 Å². The molecular weight excluding hydrogens is 370 g/mol. The van der Waals surface area contributed by atoms with Crippen LogP contribution in [0.4, 0.5) is 17.6 Å². The Balaban J connectivity index is 2.00. The Morgan fingerprint density at radius 2 is 1.32 bits per heavy atom. The van der Waals surface area contributed by atoms with E-state index in [1.165, 1.54) is 24.3 Å². The molecule has 2 aromatic rings. The summed E-state index contributed by atoms with van der Waals surface area (Å²) in [4.78, 5) is 14.9. The first-order chi connectivity index (χ1) is 13.4. The zero-order valence-electron chi connectivity index (χ0n) is 15.3. The quantitative estimate of drug-likeness (QED) is 0.542. The van der Waals surface area contributed by atoms with Crippen molar-refractivity contribution in [3.05, 3.63) is 81.9 Å². The van der Waals surface area contributed by atoms with Gasteiger partial charge in [0.1, 0.15) is 23.3 Å². The number of nitrogens with zero attached hydrogens (tertiary/aromatic N) is 1. The van der Waals surface area contributed by atoms with Crippen molar-refractivity contribution < 1.29 is 22.4 Å². The second-order valence-electron chi connectivity index (χ2n) is 6.71. The summed E-state index contributed by atoms with van der Waals surface area (Å²) in [6.45, 7) is 3.31. The molecule has 1 aliphatic heterocycles. The molecule has 2 aromatic carbocycles. The Labute approximate surface area is 160 Å². The van der Waals surface area contributed by atoms with E-state index in [-0.39, 0.29) is 16.9 Å². The molecule has 0 spiro atoms. The van der Waals surface area contributed by atoms with E-state index in [1.807, 2.05) is 11.8 Å². The van der Waals surface area contributed by atoms with Crippen molar-refractivity contribution >= 4 is 17.9 Å². The van der Waals surface area contributed by atoms with Crippen LogP contribution in [0.1, 0.15) is 24.5 Å². The van der Waals surface area contributed by atoms with Crippen LogP contribution in [0.5, 0.6) is 0 Å². The Hall–Kier alpha value is -2.73. The van der Waals surface area contributed by atoms with Crippen LogP contribution in [0.15, 0.2) is 47.5 Å². The molecule has 0 unspecified atom stereocenters. The summed E-state index contributed by atoms with van der Waals surface area (Å²) in [5, 5.41) is 0. The summed E-state index contributed by atoms with van der Waals surface area (Å²) in [5.74, 6) is -3.25. The third kappa shape index (κ3) is 4.57. The second kappa shape index (κ2) is 8.52. The smallest absolute Gasteiger partial charge is 0.187 e. The first kappa shape index (κ1) is 20.0. The van der Waals surface area contributed by atoms with Crippen molar-refractivity contribution in [2.24, 2.45) is 0 Å². The lowest BCUT2D eigenvalue weighted by Gasteiger charge is -2.29. The summed E-state index contributed by atoms with van der Waals surface area (Å²) >= 11 is 0. The van der Waals surface area contributed by atoms with Gasteiger partial charge in [-0.3, -0.25) is 9.69 Å². The second-order valence-corrected chi connectivity index (χ2v) is 6.71. The number of carbonyl (C=O) groups is 1. The summed E-state index contributed by atoms with van der Waals surface area (Å²) in [6, 6.07) is 6.30. The molecule has 1 fully saturated rings. The standard InChI is InChI=1S/C22H19F4NO/c1-2-7-27-12-16(8-14-3-5-18(23)10-20(14)25)22(28)17(13-27)9-15-4-6-19(24)11-21(15)26/h3-6,8-11H,2,7,12-13H2,1H3/b16-8+,17-9+. The van der Waals surface area contributed by atoms with E-state index >= 15 is 0 Å². The molecular formula is C22H19F4NO. The third-order valence-corrected chi connectivity index (χ3v) is 4.50. The van der Waals surface area contributed by atoms with Crippen LogP contribution in [-0.4, -0.2) is 30.3 Å². The first-order valence-electron chi connectivity index (χ1n) is 8.95. The Kier molecular flexibility index (Phi) is 6.09. The Bertz CT molecular complexity index is 892. The summed E-state index contributed by atoms with van der Waals surface area (Å²) in [6.07, 6.45) is 3.63. The average molecular weight is 389 g/mol. The molecule has 0 saturated carbocycles. The maximum absolute atomic E-state index is 14.0. The monoisotopic (exact) mass is 389 g/mol. The average Bonchev–Trinajstić information content (AvgIpc) is 2.63. The van der Waals surface area contributed by atoms with Crippen molar-refractivity contribution in [2.75, 3.05) is 19.6 Å². The minimum absolute atomic E-state index is 0.107. The maximum atomic E-state index is 14.0. The van der Waals surface area contributed by atoms with E-state index in [9.17, 15) is 22.4 Å². The largest absolute Gasteiger partial charge is 0.295 e. The van der Waals surface area contributed by atoms with Crippen LogP contribution in [-0.2, 0) is 4.79 Å². The fraction of sp³-hybridized carbons (Fsp3) is 0.227. The van der Waals surface area contributed by atoms with Crippen LogP contribution in [0, 0.1) is 23.3 Å². The summed E-state index contributed by atoms with van der Waals surface area (Å²) < 4.78 is 54.3. The van der Waals surface area contributed by atoms with Gasteiger partial charge in [-0.1, -0.05) is 6.92 Å². The van der Waals surface area contributed by atoms with Gasteiger partial charge in [0, 0.05) is 47.5 Å². The minimum atomic E-state index is -0.761. The van der Waals surface area contributed by atoms with E-state index in [2.05, 4.69) is 0 Å². The number of piperidine rings is 1. The van der Waals surface area contributed by atoms with Crippen LogP contribution in [0.25, 0.3) is 12.2 Å². The fourth-order valence-corrected chi connectivity index (χ4v) is 3.20. The Morgan fingerprint density at radius 1 is 0.857 bits per heavy atom. The van der Waals surface area contributed by atoms with Gasteiger partial charge in [0.05, 0.1) is 0 Å². The number of carbonyl (C=O) groups excluding carboxylic acids is 1. The van der Waals surface area contributed by atoms with Gasteiger partial charge < -0.3 is 0 Å². The lowest BCUT2D eigenvalue weighted by molar-refractivity contribution is -0.113. The van der Waals surface area contributed by atoms with Crippen molar-refractivity contribution in [1.29, 1.82) is 0 Å². The van der Waals surface area contributed by atoms with Crippen molar-refractivity contribution in [2.45, 2.75) is 13.3 Å².